The highest BCUT2D eigenvalue weighted by molar-refractivity contribution is 9.10. The zero-order chi connectivity index (χ0) is 12.1. The Balaban J connectivity index is 2.69. The Hall–Kier alpha value is -0.940. The van der Waals surface area contributed by atoms with Crippen LogP contribution in [0.15, 0.2) is 22.7 Å². The second-order valence-corrected chi connectivity index (χ2v) is 5.02. The number of nitro benzene ring substituents is 1. The molecule has 0 fully saturated rings. The summed E-state index contributed by atoms with van der Waals surface area (Å²) in [5, 5.41) is 13.9. The molecule has 1 aromatic rings. The number of hydrogen-bond acceptors (Lipinski definition) is 3. The van der Waals surface area contributed by atoms with E-state index in [1.165, 1.54) is 6.07 Å². The molecule has 5 heteroatoms. The van der Waals surface area contributed by atoms with Gasteiger partial charge in [0.15, 0.2) is 0 Å². The Morgan fingerprint density at radius 1 is 1.44 bits per heavy atom. The molecule has 0 bridgehead atoms. The molecule has 0 radical (unpaired) electrons. The van der Waals surface area contributed by atoms with Crippen LogP contribution < -0.4 is 5.32 Å². The van der Waals surface area contributed by atoms with E-state index in [1.54, 1.807) is 6.07 Å². The summed E-state index contributed by atoms with van der Waals surface area (Å²) in [5.74, 6) is 0.571. The lowest BCUT2D eigenvalue weighted by Gasteiger charge is -2.07. The summed E-state index contributed by atoms with van der Waals surface area (Å²) in [4.78, 5) is 10.3. The molecule has 0 aliphatic carbocycles. The van der Waals surface area contributed by atoms with Crippen molar-refractivity contribution in [3.05, 3.63) is 38.3 Å². The Labute approximate surface area is 103 Å². The summed E-state index contributed by atoms with van der Waals surface area (Å²) in [5.41, 5.74) is 1.04. The smallest absolute Gasteiger partial charge is 0.270 e. The molecule has 0 spiro atoms. The first-order valence-electron chi connectivity index (χ1n) is 5.13. The van der Waals surface area contributed by atoms with E-state index >= 15 is 0 Å². The molecule has 0 amide bonds. The van der Waals surface area contributed by atoms with Gasteiger partial charge in [0, 0.05) is 23.2 Å². The fourth-order valence-corrected chi connectivity index (χ4v) is 1.87. The minimum Gasteiger partial charge on any atom is -0.312 e. The predicted molar refractivity (Wildman–Crippen MR) is 67.3 cm³/mol. The number of rotatable bonds is 5. The van der Waals surface area contributed by atoms with E-state index in [2.05, 4.69) is 35.1 Å². The van der Waals surface area contributed by atoms with Crippen molar-refractivity contribution >= 4 is 21.6 Å². The molecule has 0 atom stereocenters. The molecule has 0 aliphatic rings. The lowest BCUT2D eigenvalue weighted by atomic mass is 10.2. The Kier molecular flexibility index (Phi) is 4.89. The molecule has 1 N–H and O–H groups in total. The lowest BCUT2D eigenvalue weighted by Crippen LogP contribution is -2.18. The molecule has 0 saturated heterocycles. The molecular formula is C11H15BrN2O2. The molecule has 4 nitrogen and oxygen atoms in total. The fourth-order valence-electron chi connectivity index (χ4n) is 1.35. The van der Waals surface area contributed by atoms with Gasteiger partial charge in [0.25, 0.3) is 5.69 Å². The van der Waals surface area contributed by atoms with E-state index in [1.807, 2.05) is 6.07 Å². The number of hydrogen-bond donors (Lipinski definition) is 1. The van der Waals surface area contributed by atoms with Crippen LogP contribution in [-0.4, -0.2) is 11.5 Å². The fraction of sp³-hybridized carbons (Fsp3) is 0.455. The average molecular weight is 287 g/mol. The SMILES string of the molecule is CC(C)CNCc1cc(Br)cc([N+](=O)[O-])c1. The summed E-state index contributed by atoms with van der Waals surface area (Å²) < 4.78 is 0.739. The van der Waals surface area contributed by atoms with Crippen LogP contribution in [0.25, 0.3) is 0 Å². The molecule has 0 heterocycles. The second kappa shape index (κ2) is 5.96. The van der Waals surface area contributed by atoms with Crippen LogP contribution in [0.2, 0.25) is 0 Å². The normalized spacial score (nSPS) is 10.8. The minimum atomic E-state index is -0.378. The summed E-state index contributed by atoms with van der Waals surface area (Å²) in [6.45, 7) is 5.80. The van der Waals surface area contributed by atoms with Gasteiger partial charge in [-0.3, -0.25) is 10.1 Å². The van der Waals surface area contributed by atoms with Crippen LogP contribution in [-0.2, 0) is 6.54 Å². The van der Waals surface area contributed by atoms with Crippen molar-refractivity contribution in [2.75, 3.05) is 6.54 Å². The third kappa shape index (κ3) is 4.28. The predicted octanol–water partition coefficient (Wildman–Crippen LogP) is 3.10. The van der Waals surface area contributed by atoms with Crippen LogP contribution in [0.1, 0.15) is 19.4 Å². The highest BCUT2D eigenvalue weighted by Gasteiger charge is 2.08. The van der Waals surface area contributed by atoms with E-state index in [9.17, 15) is 10.1 Å². The van der Waals surface area contributed by atoms with Gasteiger partial charge in [-0.2, -0.15) is 0 Å². The molecule has 1 aromatic carbocycles. The highest BCUT2D eigenvalue weighted by atomic mass is 79.9. The highest BCUT2D eigenvalue weighted by Crippen LogP contribution is 2.21. The zero-order valence-electron chi connectivity index (χ0n) is 9.37. The topological polar surface area (TPSA) is 55.2 Å². The van der Waals surface area contributed by atoms with E-state index in [4.69, 9.17) is 0 Å². The molecule has 0 unspecified atom stereocenters. The van der Waals surface area contributed by atoms with Gasteiger partial charge in [-0.15, -0.1) is 0 Å². The van der Waals surface area contributed by atoms with Gasteiger partial charge in [-0.25, -0.2) is 0 Å². The van der Waals surface area contributed by atoms with Crippen molar-refractivity contribution in [1.82, 2.24) is 5.32 Å². The van der Waals surface area contributed by atoms with Crippen LogP contribution in [0.4, 0.5) is 5.69 Å². The van der Waals surface area contributed by atoms with Gasteiger partial charge in [0.2, 0.25) is 0 Å². The summed E-state index contributed by atoms with van der Waals surface area (Å²) >= 11 is 3.27. The van der Waals surface area contributed by atoms with Gasteiger partial charge in [0.1, 0.15) is 0 Å². The van der Waals surface area contributed by atoms with Crippen molar-refractivity contribution in [3.8, 4) is 0 Å². The maximum absolute atomic E-state index is 10.7. The number of nitrogens with one attached hydrogen (secondary N) is 1. The first-order chi connectivity index (χ1) is 7.49. The number of benzene rings is 1. The van der Waals surface area contributed by atoms with Crippen LogP contribution in [0.3, 0.4) is 0 Å². The quantitative estimate of drug-likeness (QED) is 0.668. The van der Waals surface area contributed by atoms with Crippen molar-refractivity contribution in [1.29, 1.82) is 0 Å². The maximum atomic E-state index is 10.7. The summed E-state index contributed by atoms with van der Waals surface area (Å²) in [6.07, 6.45) is 0. The molecular weight excluding hydrogens is 272 g/mol. The number of nitro groups is 1. The largest absolute Gasteiger partial charge is 0.312 e. The number of non-ortho nitro benzene ring substituents is 1. The second-order valence-electron chi connectivity index (χ2n) is 4.10. The molecule has 0 aromatic heterocycles. The van der Waals surface area contributed by atoms with Crippen LogP contribution in [0, 0.1) is 16.0 Å². The third-order valence-corrected chi connectivity index (χ3v) is 2.49. The van der Waals surface area contributed by atoms with Gasteiger partial charge < -0.3 is 5.32 Å². The molecule has 1 rings (SSSR count). The van der Waals surface area contributed by atoms with Gasteiger partial charge in [-0.05, 0) is 24.1 Å². The number of nitrogens with zero attached hydrogens (tertiary/aromatic N) is 1. The first kappa shape index (κ1) is 13.1. The first-order valence-corrected chi connectivity index (χ1v) is 5.93. The third-order valence-electron chi connectivity index (χ3n) is 2.03. The van der Waals surface area contributed by atoms with Crippen molar-refractivity contribution in [2.45, 2.75) is 20.4 Å². The lowest BCUT2D eigenvalue weighted by molar-refractivity contribution is -0.385. The van der Waals surface area contributed by atoms with Gasteiger partial charge in [0.05, 0.1) is 4.92 Å². The Morgan fingerprint density at radius 3 is 2.69 bits per heavy atom. The Morgan fingerprint density at radius 2 is 2.12 bits per heavy atom. The van der Waals surface area contributed by atoms with Crippen molar-refractivity contribution in [3.63, 3.8) is 0 Å². The van der Waals surface area contributed by atoms with E-state index in [0.717, 1.165) is 16.6 Å². The standard InChI is InChI=1S/C11H15BrN2O2/c1-8(2)6-13-7-9-3-10(12)5-11(4-9)14(15)16/h3-5,8,13H,6-7H2,1-2H3. The maximum Gasteiger partial charge on any atom is 0.270 e. The summed E-state index contributed by atoms with van der Waals surface area (Å²) in [6, 6.07) is 4.99. The van der Waals surface area contributed by atoms with Gasteiger partial charge in [-0.1, -0.05) is 29.8 Å². The van der Waals surface area contributed by atoms with Crippen LogP contribution in [0.5, 0.6) is 0 Å². The van der Waals surface area contributed by atoms with Crippen LogP contribution >= 0.6 is 15.9 Å². The zero-order valence-corrected chi connectivity index (χ0v) is 11.0. The van der Waals surface area contributed by atoms with E-state index < -0.39 is 0 Å². The minimum absolute atomic E-state index is 0.121. The molecule has 0 saturated carbocycles. The molecule has 16 heavy (non-hydrogen) atoms. The number of halogens is 1. The van der Waals surface area contributed by atoms with Crippen molar-refractivity contribution in [2.24, 2.45) is 5.92 Å². The monoisotopic (exact) mass is 286 g/mol. The molecule has 0 aliphatic heterocycles. The van der Waals surface area contributed by atoms with Gasteiger partial charge >= 0.3 is 0 Å². The summed E-state index contributed by atoms with van der Waals surface area (Å²) in [7, 11) is 0. The Bertz CT molecular complexity index is 380. The van der Waals surface area contributed by atoms with E-state index in [0.29, 0.717) is 12.5 Å². The van der Waals surface area contributed by atoms with E-state index in [-0.39, 0.29) is 10.6 Å². The van der Waals surface area contributed by atoms with Crippen molar-refractivity contribution < 1.29 is 4.92 Å². The average Bonchev–Trinajstić information content (AvgIpc) is 2.16. The molecule has 88 valence electrons.